The summed E-state index contributed by atoms with van der Waals surface area (Å²) in [5.41, 5.74) is 7.67. The monoisotopic (exact) mass is 430 g/mol. The molecule has 1 aromatic heterocycles. The van der Waals surface area contributed by atoms with E-state index >= 15 is 0 Å². The predicted octanol–water partition coefficient (Wildman–Crippen LogP) is 5.18. The highest BCUT2D eigenvalue weighted by Crippen LogP contribution is 2.33. The first kappa shape index (κ1) is 17.2. The van der Waals surface area contributed by atoms with Gasteiger partial charge in [-0.05, 0) is 53.2 Å². The van der Waals surface area contributed by atoms with Gasteiger partial charge in [0.25, 0.3) is 0 Å². The Balaban J connectivity index is 2.22. The number of nitrogens with zero attached hydrogens (tertiary/aromatic N) is 1. The minimum atomic E-state index is 0.128. The zero-order chi connectivity index (χ0) is 15.4. The normalized spacial score (nSPS) is 14.4. The van der Waals surface area contributed by atoms with E-state index in [1.807, 2.05) is 6.07 Å². The SMILES string of the molecule is CCC(N)C(c1ccc(Br)s1)N(C)Cc1ccccc1Br. The van der Waals surface area contributed by atoms with Crippen molar-refractivity contribution in [1.82, 2.24) is 4.90 Å². The highest BCUT2D eigenvalue weighted by molar-refractivity contribution is 9.11. The van der Waals surface area contributed by atoms with Crippen LogP contribution in [0.25, 0.3) is 0 Å². The molecule has 21 heavy (non-hydrogen) atoms. The third-order valence-electron chi connectivity index (χ3n) is 3.61. The van der Waals surface area contributed by atoms with Crippen LogP contribution in [0, 0.1) is 0 Å². The number of benzene rings is 1. The molecule has 0 saturated carbocycles. The summed E-state index contributed by atoms with van der Waals surface area (Å²) in [6.07, 6.45) is 0.959. The molecule has 2 aromatic rings. The maximum absolute atomic E-state index is 6.39. The zero-order valence-corrected chi connectivity index (χ0v) is 16.2. The van der Waals surface area contributed by atoms with Crippen LogP contribution in [0.15, 0.2) is 44.7 Å². The van der Waals surface area contributed by atoms with Gasteiger partial charge in [0.15, 0.2) is 0 Å². The van der Waals surface area contributed by atoms with Crippen molar-refractivity contribution in [2.45, 2.75) is 32.0 Å². The maximum Gasteiger partial charge on any atom is 0.0702 e. The quantitative estimate of drug-likeness (QED) is 0.682. The third-order valence-corrected chi connectivity index (χ3v) is 6.08. The van der Waals surface area contributed by atoms with Crippen LogP contribution >= 0.6 is 43.2 Å². The van der Waals surface area contributed by atoms with Gasteiger partial charge in [-0.3, -0.25) is 4.90 Å². The average Bonchev–Trinajstić information content (AvgIpc) is 2.87. The first-order valence-electron chi connectivity index (χ1n) is 6.97. The Bertz CT molecular complexity index is 585. The fraction of sp³-hybridized carbons (Fsp3) is 0.375. The Kier molecular flexibility index (Phi) is 6.44. The van der Waals surface area contributed by atoms with Gasteiger partial charge in [0.05, 0.1) is 9.83 Å². The summed E-state index contributed by atoms with van der Waals surface area (Å²) in [5.74, 6) is 0. The van der Waals surface area contributed by atoms with Crippen molar-refractivity contribution in [2.75, 3.05) is 7.05 Å². The number of hydrogen-bond acceptors (Lipinski definition) is 3. The van der Waals surface area contributed by atoms with Crippen molar-refractivity contribution < 1.29 is 0 Å². The molecule has 0 fully saturated rings. The van der Waals surface area contributed by atoms with E-state index in [-0.39, 0.29) is 12.1 Å². The molecule has 2 atom stereocenters. The second kappa shape index (κ2) is 7.88. The van der Waals surface area contributed by atoms with E-state index in [4.69, 9.17) is 5.73 Å². The van der Waals surface area contributed by atoms with Gasteiger partial charge in [-0.25, -0.2) is 0 Å². The molecule has 1 aromatic carbocycles. The minimum Gasteiger partial charge on any atom is -0.326 e. The molecule has 2 unspecified atom stereocenters. The molecule has 0 aliphatic carbocycles. The van der Waals surface area contributed by atoms with Crippen molar-refractivity contribution in [2.24, 2.45) is 5.73 Å². The first-order valence-corrected chi connectivity index (χ1v) is 9.37. The lowest BCUT2D eigenvalue weighted by Gasteiger charge is -2.32. The van der Waals surface area contributed by atoms with Gasteiger partial charge in [-0.15, -0.1) is 11.3 Å². The summed E-state index contributed by atoms with van der Waals surface area (Å²) in [7, 11) is 2.15. The molecule has 1 heterocycles. The van der Waals surface area contributed by atoms with Crippen molar-refractivity contribution >= 4 is 43.2 Å². The van der Waals surface area contributed by atoms with E-state index < -0.39 is 0 Å². The number of halogens is 2. The van der Waals surface area contributed by atoms with E-state index in [9.17, 15) is 0 Å². The summed E-state index contributed by atoms with van der Waals surface area (Å²) in [5, 5.41) is 0. The van der Waals surface area contributed by atoms with Crippen molar-refractivity contribution in [1.29, 1.82) is 0 Å². The van der Waals surface area contributed by atoms with Gasteiger partial charge in [0.2, 0.25) is 0 Å². The second-order valence-corrected chi connectivity index (χ2v) is 8.51. The molecule has 0 aliphatic rings. The number of thiophene rings is 1. The van der Waals surface area contributed by atoms with E-state index in [0.29, 0.717) is 0 Å². The van der Waals surface area contributed by atoms with Gasteiger partial charge in [-0.1, -0.05) is 41.1 Å². The fourth-order valence-corrected chi connectivity index (χ4v) is 4.54. The van der Waals surface area contributed by atoms with Crippen LogP contribution in [-0.2, 0) is 6.54 Å². The summed E-state index contributed by atoms with van der Waals surface area (Å²) in [6.45, 7) is 3.02. The Morgan fingerprint density at radius 3 is 2.48 bits per heavy atom. The Morgan fingerprint density at radius 1 is 1.19 bits per heavy atom. The van der Waals surface area contributed by atoms with Gasteiger partial charge in [0, 0.05) is 21.9 Å². The Labute approximate surface area is 147 Å². The molecule has 114 valence electrons. The molecule has 2 nitrogen and oxygen atoms in total. The lowest BCUT2D eigenvalue weighted by atomic mass is 10.0. The van der Waals surface area contributed by atoms with Crippen LogP contribution in [-0.4, -0.2) is 18.0 Å². The number of nitrogens with two attached hydrogens (primary N) is 1. The summed E-state index contributed by atoms with van der Waals surface area (Å²) in [4.78, 5) is 3.65. The standard InChI is InChI=1S/C16H20Br2N2S/c1-3-13(19)16(14-8-9-15(18)21-14)20(2)10-11-6-4-5-7-12(11)17/h4-9,13,16H,3,10,19H2,1-2H3. The Hall–Kier alpha value is -0.200. The molecule has 2 N–H and O–H groups in total. The van der Waals surface area contributed by atoms with Crippen LogP contribution in [0.3, 0.4) is 0 Å². The lowest BCUT2D eigenvalue weighted by molar-refractivity contribution is 0.204. The summed E-state index contributed by atoms with van der Waals surface area (Å²) >= 11 is 8.94. The van der Waals surface area contributed by atoms with E-state index in [0.717, 1.165) is 21.2 Å². The van der Waals surface area contributed by atoms with Crippen LogP contribution in [0.4, 0.5) is 0 Å². The van der Waals surface area contributed by atoms with Crippen LogP contribution < -0.4 is 5.73 Å². The molecule has 0 amide bonds. The minimum absolute atomic E-state index is 0.128. The smallest absolute Gasteiger partial charge is 0.0702 e. The summed E-state index contributed by atoms with van der Waals surface area (Å²) in [6, 6.07) is 13.0. The molecule has 0 spiro atoms. The van der Waals surface area contributed by atoms with Gasteiger partial charge in [-0.2, -0.15) is 0 Å². The molecule has 2 rings (SSSR count). The van der Waals surface area contributed by atoms with Crippen LogP contribution in [0.1, 0.15) is 29.8 Å². The van der Waals surface area contributed by atoms with E-state index in [2.05, 4.69) is 81.1 Å². The van der Waals surface area contributed by atoms with E-state index in [1.54, 1.807) is 11.3 Å². The topological polar surface area (TPSA) is 29.3 Å². The Morgan fingerprint density at radius 2 is 1.90 bits per heavy atom. The molecule has 0 radical (unpaired) electrons. The maximum atomic E-state index is 6.39. The third kappa shape index (κ3) is 4.39. The fourth-order valence-electron chi connectivity index (χ4n) is 2.46. The van der Waals surface area contributed by atoms with E-state index in [1.165, 1.54) is 10.4 Å². The number of rotatable bonds is 6. The van der Waals surface area contributed by atoms with Crippen LogP contribution in [0.5, 0.6) is 0 Å². The predicted molar refractivity (Wildman–Crippen MR) is 98.6 cm³/mol. The molecular weight excluding hydrogens is 412 g/mol. The number of likely N-dealkylation sites (N-methyl/N-ethyl adjacent to an activating group) is 1. The van der Waals surface area contributed by atoms with Crippen LogP contribution in [0.2, 0.25) is 0 Å². The first-order chi connectivity index (χ1) is 10.0. The summed E-state index contributed by atoms with van der Waals surface area (Å²) < 4.78 is 2.30. The van der Waals surface area contributed by atoms with Gasteiger partial charge >= 0.3 is 0 Å². The second-order valence-electron chi connectivity index (χ2n) is 5.17. The molecule has 0 bridgehead atoms. The zero-order valence-electron chi connectivity index (χ0n) is 12.2. The van der Waals surface area contributed by atoms with Crippen molar-refractivity contribution in [3.05, 3.63) is 55.1 Å². The highest BCUT2D eigenvalue weighted by Gasteiger charge is 2.25. The molecule has 0 saturated heterocycles. The van der Waals surface area contributed by atoms with Gasteiger partial charge < -0.3 is 5.73 Å². The highest BCUT2D eigenvalue weighted by atomic mass is 79.9. The van der Waals surface area contributed by atoms with Gasteiger partial charge in [0.1, 0.15) is 0 Å². The molecule has 0 aliphatic heterocycles. The lowest BCUT2D eigenvalue weighted by Crippen LogP contribution is -2.38. The van der Waals surface area contributed by atoms with Crippen molar-refractivity contribution in [3.63, 3.8) is 0 Å². The molecular formula is C16H20Br2N2S. The van der Waals surface area contributed by atoms with Crippen molar-refractivity contribution in [3.8, 4) is 0 Å². The molecule has 5 heteroatoms. The largest absolute Gasteiger partial charge is 0.326 e. The average molecular weight is 432 g/mol. The number of hydrogen-bond donors (Lipinski definition) is 1.